The molecule has 1 fully saturated rings. The van der Waals surface area contributed by atoms with Gasteiger partial charge in [-0.1, -0.05) is 36.4 Å². The molecule has 1 saturated heterocycles. The normalized spacial score (nSPS) is 19.7. The van der Waals surface area contributed by atoms with Crippen molar-refractivity contribution in [1.29, 1.82) is 0 Å². The molecule has 2 aliphatic rings. The lowest BCUT2D eigenvalue weighted by Crippen LogP contribution is -2.49. The molecule has 27 heavy (non-hydrogen) atoms. The van der Waals surface area contributed by atoms with Crippen LogP contribution < -0.4 is 10.1 Å². The van der Waals surface area contributed by atoms with Crippen molar-refractivity contribution in [3.63, 3.8) is 0 Å². The van der Waals surface area contributed by atoms with Gasteiger partial charge in [0.25, 0.3) is 5.91 Å². The summed E-state index contributed by atoms with van der Waals surface area (Å²) in [5.41, 5.74) is 1.78. The topological polar surface area (TPSA) is 58.6 Å². The van der Waals surface area contributed by atoms with Crippen molar-refractivity contribution in [2.75, 3.05) is 19.7 Å². The number of benzene rings is 2. The van der Waals surface area contributed by atoms with E-state index >= 15 is 0 Å². The molecule has 1 unspecified atom stereocenters. The van der Waals surface area contributed by atoms with Crippen molar-refractivity contribution in [2.45, 2.75) is 25.3 Å². The fourth-order valence-electron chi connectivity index (χ4n) is 3.85. The Kier molecular flexibility index (Phi) is 5.10. The van der Waals surface area contributed by atoms with Crippen LogP contribution in [0.3, 0.4) is 0 Å². The van der Waals surface area contributed by atoms with E-state index in [1.54, 1.807) is 0 Å². The molecule has 5 heteroatoms. The Labute approximate surface area is 159 Å². The van der Waals surface area contributed by atoms with Gasteiger partial charge in [0.05, 0.1) is 5.92 Å². The van der Waals surface area contributed by atoms with Crippen molar-refractivity contribution in [2.24, 2.45) is 5.92 Å². The number of nitrogens with zero attached hydrogens (tertiary/aromatic N) is 1. The molecule has 0 aromatic heterocycles. The second kappa shape index (κ2) is 7.82. The third-order valence-electron chi connectivity index (χ3n) is 5.41. The first-order valence-corrected chi connectivity index (χ1v) is 9.56. The molecule has 1 atom stereocenters. The van der Waals surface area contributed by atoms with Crippen LogP contribution in [0.4, 0.5) is 0 Å². The molecule has 0 bridgehead atoms. The Bertz CT molecular complexity index is 813. The van der Waals surface area contributed by atoms with E-state index < -0.39 is 0 Å². The molecule has 0 spiro atoms. The average molecular weight is 364 g/mol. The van der Waals surface area contributed by atoms with E-state index in [0.29, 0.717) is 25.3 Å². The predicted octanol–water partition coefficient (Wildman–Crippen LogP) is 2.66. The first kappa shape index (κ1) is 17.6. The molecule has 2 aromatic rings. The van der Waals surface area contributed by atoms with Crippen molar-refractivity contribution < 1.29 is 14.3 Å². The SMILES string of the molecule is O=C(NC1CCN(C(=O)C2COc3ccccc3C2)CC1)c1ccccc1. The number of para-hydroxylation sites is 1. The summed E-state index contributed by atoms with van der Waals surface area (Å²) in [7, 11) is 0. The monoisotopic (exact) mass is 364 g/mol. The van der Waals surface area contributed by atoms with Crippen LogP contribution in [0, 0.1) is 5.92 Å². The number of carbonyl (C=O) groups excluding carboxylic acids is 2. The quantitative estimate of drug-likeness (QED) is 0.911. The number of hydrogen-bond acceptors (Lipinski definition) is 3. The molecule has 2 amide bonds. The van der Waals surface area contributed by atoms with Crippen LogP contribution >= 0.6 is 0 Å². The maximum absolute atomic E-state index is 12.9. The van der Waals surface area contributed by atoms with Crippen LogP contribution in [-0.2, 0) is 11.2 Å². The minimum absolute atomic E-state index is 0.0438. The molecule has 1 N–H and O–H groups in total. The Morgan fingerprint density at radius 1 is 0.963 bits per heavy atom. The predicted molar refractivity (Wildman–Crippen MR) is 103 cm³/mol. The maximum Gasteiger partial charge on any atom is 0.251 e. The van der Waals surface area contributed by atoms with Gasteiger partial charge in [0.2, 0.25) is 5.91 Å². The van der Waals surface area contributed by atoms with Gasteiger partial charge in [-0.05, 0) is 43.0 Å². The number of carbonyl (C=O) groups is 2. The second-order valence-corrected chi connectivity index (χ2v) is 7.26. The average Bonchev–Trinajstić information content (AvgIpc) is 2.74. The van der Waals surface area contributed by atoms with Gasteiger partial charge in [-0.2, -0.15) is 0 Å². The summed E-state index contributed by atoms with van der Waals surface area (Å²) in [5, 5.41) is 3.09. The lowest BCUT2D eigenvalue weighted by Gasteiger charge is -2.35. The number of rotatable bonds is 3. The number of nitrogens with one attached hydrogen (secondary N) is 1. The van der Waals surface area contributed by atoms with Gasteiger partial charge in [0.15, 0.2) is 0 Å². The first-order chi connectivity index (χ1) is 13.2. The number of piperidine rings is 1. The molecule has 4 rings (SSSR count). The number of amides is 2. The van der Waals surface area contributed by atoms with Gasteiger partial charge in [-0.25, -0.2) is 0 Å². The lowest BCUT2D eigenvalue weighted by atomic mass is 9.94. The van der Waals surface area contributed by atoms with Gasteiger partial charge in [-0.15, -0.1) is 0 Å². The zero-order valence-electron chi connectivity index (χ0n) is 15.3. The van der Waals surface area contributed by atoms with Crippen molar-refractivity contribution in [3.8, 4) is 5.75 Å². The fraction of sp³-hybridized carbons (Fsp3) is 0.364. The summed E-state index contributed by atoms with van der Waals surface area (Å²) in [6.07, 6.45) is 2.31. The maximum atomic E-state index is 12.9. The largest absolute Gasteiger partial charge is 0.492 e. The Hall–Kier alpha value is -2.82. The van der Waals surface area contributed by atoms with E-state index in [1.807, 2.05) is 59.5 Å². The van der Waals surface area contributed by atoms with Crippen LogP contribution in [0.5, 0.6) is 5.75 Å². The highest BCUT2D eigenvalue weighted by Gasteiger charge is 2.32. The molecule has 2 aliphatic heterocycles. The summed E-state index contributed by atoms with van der Waals surface area (Å²) in [6, 6.07) is 17.3. The molecule has 5 nitrogen and oxygen atoms in total. The van der Waals surface area contributed by atoms with Crippen molar-refractivity contribution >= 4 is 11.8 Å². The van der Waals surface area contributed by atoms with Gasteiger partial charge < -0.3 is 15.0 Å². The highest BCUT2D eigenvalue weighted by atomic mass is 16.5. The van der Waals surface area contributed by atoms with Gasteiger partial charge >= 0.3 is 0 Å². The second-order valence-electron chi connectivity index (χ2n) is 7.26. The zero-order valence-corrected chi connectivity index (χ0v) is 15.3. The summed E-state index contributed by atoms with van der Waals surface area (Å²) in [5.74, 6) is 0.897. The molecule has 2 aromatic carbocycles. The Morgan fingerprint density at radius 2 is 1.67 bits per heavy atom. The zero-order chi connectivity index (χ0) is 18.6. The summed E-state index contributed by atoms with van der Waals surface area (Å²) in [4.78, 5) is 27.1. The van der Waals surface area contributed by atoms with E-state index in [9.17, 15) is 9.59 Å². The van der Waals surface area contributed by atoms with E-state index in [1.165, 1.54) is 0 Å². The molecule has 0 radical (unpaired) electrons. The molecule has 0 saturated carbocycles. The molecular formula is C22H24N2O3. The standard InChI is InChI=1S/C22H24N2O3/c25-21(16-6-2-1-3-7-16)23-19-10-12-24(13-11-19)22(26)18-14-17-8-4-5-9-20(17)27-15-18/h1-9,18-19H,10-15H2,(H,23,25). The van der Waals surface area contributed by atoms with Crippen molar-refractivity contribution in [3.05, 3.63) is 65.7 Å². The fourth-order valence-corrected chi connectivity index (χ4v) is 3.85. The number of hydrogen-bond donors (Lipinski definition) is 1. The summed E-state index contributed by atoms with van der Waals surface area (Å²) >= 11 is 0. The summed E-state index contributed by atoms with van der Waals surface area (Å²) < 4.78 is 5.77. The van der Waals surface area contributed by atoms with E-state index in [-0.39, 0.29) is 23.8 Å². The molecule has 2 heterocycles. The van der Waals surface area contributed by atoms with Crippen LogP contribution in [0.25, 0.3) is 0 Å². The number of ether oxygens (including phenoxy) is 1. The van der Waals surface area contributed by atoms with E-state index in [4.69, 9.17) is 4.74 Å². The third kappa shape index (κ3) is 3.97. The minimum atomic E-state index is -0.115. The summed E-state index contributed by atoms with van der Waals surface area (Å²) in [6.45, 7) is 1.80. The van der Waals surface area contributed by atoms with Gasteiger partial charge in [-0.3, -0.25) is 9.59 Å². The van der Waals surface area contributed by atoms with Gasteiger partial charge in [0, 0.05) is 24.7 Å². The molecular weight excluding hydrogens is 340 g/mol. The highest BCUT2D eigenvalue weighted by molar-refractivity contribution is 5.94. The van der Waals surface area contributed by atoms with E-state index in [0.717, 1.165) is 30.6 Å². The van der Waals surface area contributed by atoms with E-state index in [2.05, 4.69) is 5.32 Å². The number of fused-ring (bicyclic) bond motifs is 1. The number of likely N-dealkylation sites (tertiary alicyclic amines) is 1. The highest BCUT2D eigenvalue weighted by Crippen LogP contribution is 2.28. The molecule has 0 aliphatic carbocycles. The smallest absolute Gasteiger partial charge is 0.251 e. The third-order valence-corrected chi connectivity index (χ3v) is 5.41. The van der Waals surface area contributed by atoms with Crippen LogP contribution in [0.15, 0.2) is 54.6 Å². The lowest BCUT2D eigenvalue weighted by molar-refractivity contribution is -0.138. The van der Waals surface area contributed by atoms with Gasteiger partial charge in [0.1, 0.15) is 12.4 Å². The van der Waals surface area contributed by atoms with Crippen LogP contribution in [0.2, 0.25) is 0 Å². The Balaban J connectivity index is 1.29. The Morgan fingerprint density at radius 3 is 2.44 bits per heavy atom. The van der Waals surface area contributed by atoms with Crippen molar-refractivity contribution in [1.82, 2.24) is 10.2 Å². The first-order valence-electron chi connectivity index (χ1n) is 9.56. The van der Waals surface area contributed by atoms with Crippen LogP contribution in [-0.4, -0.2) is 42.5 Å². The van der Waals surface area contributed by atoms with Crippen LogP contribution in [0.1, 0.15) is 28.8 Å². The minimum Gasteiger partial charge on any atom is -0.492 e. The molecule has 140 valence electrons.